The molecule has 0 unspecified atom stereocenters. The summed E-state index contributed by atoms with van der Waals surface area (Å²) in [5.74, 6) is 5.79. The molecule has 0 spiro atoms. The van der Waals surface area contributed by atoms with Gasteiger partial charge >= 0.3 is 0 Å². The van der Waals surface area contributed by atoms with E-state index in [-0.39, 0.29) is 5.91 Å². The second-order valence-corrected chi connectivity index (χ2v) is 4.63. The van der Waals surface area contributed by atoms with E-state index in [4.69, 9.17) is 5.84 Å². The van der Waals surface area contributed by atoms with Gasteiger partial charge in [-0.15, -0.1) is 0 Å². The van der Waals surface area contributed by atoms with Crippen LogP contribution in [-0.2, 0) is 0 Å². The number of nitrogens with two attached hydrogens (primary N) is 1. The number of benzene rings is 1. The maximum Gasteiger partial charge on any atom is 0.253 e. The van der Waals surface area contributed by atoms with Crippen LogP contribution in [0.25, 0.3) is 0 Å². The minimum absolute atomic E-state index is 0.112. The zero-order valence-electron chi connectivity index (χ0n) is 10.4. The fraction of sp³-hybridized carbons (Fsp3) is 0.462. The van der Waals surface area contributed by atoms with Crippen LogP contribution in [0.15, 0.2) is 18.2 Å². The lowest BCUT2D eigenvalue weighted by atomic mass is 10.1. The highest BCUT2D eigenvalue weighted by atomic mass is 16.2. The van der Waals surface area contributed by atoms with E-state index >= 15 is 0 Å². The van der Waals surface area contributed by atoms with E-state index in [0.29, 0.717) is 13.1 Å². The number of rotatable bonds is 1. The Morgan fingerprint density at radius 1 is 1.12 bits per heavy atom. The summed E-state index contributed by atoms with van der Waals surface area (Å²) in [5.41, 5.74) is 3.15. The Morgan fingerprint density at radius 2 is 1.76 bits per heavy atom. The number of aryl methyl sites for hydroxylation is 2. The number of hydrogen-bond acceptors (Lipinski definition) is 3. The molecule has 0 atom stereocenters. The van der Waals surface area contributed by atoms with E-state index in [1.807, 2.05) is 30.0 Å². The number of hydrazine groups is 1. The molecule has 4 heteroatoms. The minimum atomic E-state index is 0.112. The van der Waals surface area contributed by atoms with Gasteiger partial charge in [-0.25, -0.2) is 5.01 Å². The summed E-state index contributed by atoms with van der Waals surface area (Å²) in [6.07, 6.45) is 0. The van der Waals surface area contributed by atoms with Gasteiger partial charge in [0.15, 0.2) is 0 Å². The van der Waals surface area contributed by atoms with Gasteiger partial charge in [0.25, 0.3) is 5.91 Å². The maximum absolute atomic E-state index is 12.2. The van der Waals surface area contributed by atoms with Gasteiger partial charge in [0, 0.05) is 31.7 Å². The van der Waals surface area contributed by atoms with Crippen molar-refractivity contribution in [2.45, 2.75) is 13.8 Å². The van der Waals surface area contributed by atoms with Crippen molar-refractivity contribution < 1.29 is 4.79 Å². The molecular formula is C13H19N3O. The molecule has 1 aliphatic rings. The van der Waals surface area contributed by atoms with Crippen LogP contribution < -0.4 is 5.84 Å². The lowest BCUT2D eigenvalue weighted by molar-refractivity contribution is 0.0638. The zero-order valence-corrected chi connectivity index (χ0v) is 10.4. The Bertz CT molecular complexity index is 423. The van der Waals surface area contributed by atoms with Crippen LogP contribution in [0.3, 0.4) is 0 Å². The predicted octanol–water partition coefficient (Wildman–Crippen LogP) is 0.935. The zero-order chi connectivity index (χ0) is 12.4. The molecule has 0 aromatic heterocycles. The first kappa shape index (κ1) is 12.1. The summed E-state index contributed by atoms with van der Waals surface area (Å²) in [7, 11) is 0. The monoisotopic (exact) mass is 233 g/mol. The fourth-order valence-corrected chi connectivity index (χ4v) is 1.98. The van der Waals surface area contributed by atoms with E-state index in [2.05, 4.69) is 6.92 Å². The number of carbonyl (C=O) groups is 1. The van der Waals surface area contributed by atoms with Gasteiger partial charge < -0.3 is 4.90 Å². The van der Waals surface area contributed by atoms with Crippen molar-refractivity contribution in [1.82, 2.24) is 9.91 Å². The first-order chi connectivity index (χ1) is 8.08. The van der Waals surface area contributed by atoms with Gasteiger partial charge in [0.1, 0.15) is 0 Å². The van der Waals surface area contributed by atoms with Crippen LogP contribution in [0.1, 0.15) is 21.5 Å². The SMILES string of the molecule is Cc1ccc(C(=O)N2CCN(N)CC2)cc1C. The third kappa shape index (κ3) is 2.65. The molecule has 0 bridgehead atoms. The average Bonchev–Trinajstić information content (AvgIpc) is 2.33. The second-order valence-electron chi connectivity index (χ2n) is 4.63. The molecule has 0 saturated carbocycles. The highest BCUT2D eigenvalue weighted by Crippen LogP contribution is 2.13. The molecule has 2 rings (SSSR count). The van der Waals surface area contributed by atoms with Crippen molar-refractivity contribution in [3.8, 4) is 0 Å². The smallest absolute Gasteiger partial charge is 0.253 e. The third-order valence-corrected chi connectivity index (χ3v) is 3.36. The quantitative estimate of drug-likeness (QED) is 0.734. The lowest BCUT2D eigenvalue weighted by Crippen LogP contribution is -2.51. The van der Waals surface area contributed by atoms with Crippen LogP contribution in [0, 0.1) is 13.8 Å². The van der Waals surface area contributed by atoms with Crippen LogP contribution >= 0.6 is 0 Å². The van der Waals surface area contributed by atoms with Gasteiger partial charge in [-0.2, -0.15) is 0 Å². The van der Waals surface area contributed by atoms with Crippen LogP contribution in [0.5, 0.6) is 0 Å². The van der Waals surface area contributed by atoms with Gasteiger partial charge in [-0.05, 0) is 37.1 Å². The van der Waals surface area contributed by atoms with E-state index < -0.39 is 0 Å². The van der Waals surface area contributed by atoms with Gasteiger partial charge in [-0.3, -0.25) is 10.6 Å². The third-order valence-electron chi connectivity index (χ3n) is 3.36. The van der Waals surface area contributed by atoms with Gasteiger partial charge in [0.2, 0.25) is 0 Å². The topological polar surface area (TPSA) is 49.6 Å². The van der Waals surface area contributed by atoms with Crippen molar-refractivity contribution in [1.29, 1.82) is 0 Å². The molecule has 17 heavy (non-hydrogen) atoms. The predicted molar refractivity (Wildman–Crippen MR) is 67.6 cm³/mol. The van der Waals surface area contributed by atoms with E-state index in [0.717, 1.165) is 24.2 Å². The molecule has 1 aromatic rings. The molecule has 2 N–H and O–H groups in total. The molecule has 1 aliphatic heterocycles. The van der Waals surface area contributed by atoms with E-state index in [1.165, 1.54) is 5.56 Å². The molecule has 4 nitrogen and oxygen atoms in total. The van der Waals surface area contributed by atoms with Gasteiger partial charge in [0.05, 0.1) is 0 Å². The highest BCUT2D eigenvalue weighted by Gasteiger charge is 2.20. The summed E-state index contributed by atoms with van der Waals surface area (Å²) in [6, 6.07) is 5.87. The summed E-state index contributed by atoms with van der Waals surface area (Å²) in [4.78, 5) is 14.1. The highest BCUT2D eigenvalue weighted by molar-refractivity contribution is 5.94. The molecule has 1 saturated heterocycles. The van der Waals surface area contributed by atoms with Crippen molar-refractivity contribution >= 4 is 5.91 Å². The number of carbonyl (C=O) groups excluding carboxylic acids is 1. The van der Waals surface area contributed by atoms with Crippen molar-refractivity contribution in [3.63, 3.8) is 0 Å². The summed E-state index contributed by atoms with van der Waals surface area (Å²) < 4.78 is 0. The molecular weight excluding hydrogens is 214 g/mol. The van der Waals surface area contributed by atoms with Crippen molar-refractivity contribution in [3.05, 3.63) is 34.9 Å². The summed E-state index contributed by atoms with van der Waals surface area (Å²) in [6.45, 7) is 7.00. The summed E-state index contributed by atoms with van der Waals surface area (Å²) in [5, 5.41) is 1.75. The number of piperazine rings is 1. The van der Waals surface area contributed by atoms with Gasteiger partial charge in [-0.1, -0.05) is 6.07 Å². The normalized spacial score (nSPS) is 17.2. The first-order valence-electron chi connectivity index (χ1n) is 5.94. The number of amides is 1. The number of nitrogens with zero attached hydrogens (tertiary/aromatic N) is 2. The minimum Gasteiger partial charge on any atom is -0.336 e. The molecule has 0 radical (unpaired) electrons. The Hall–Kier alpha value is -1.39. The Balaban J connectivity index is 2.11. The van der Waals surface area contributed by atoms with Crippen LogP contribution in [0.4, 0.5) is 0 Å². The molecule has 1 heterocycles. The molecule has 1 aromatic carbocycles. The maximum atomic E-state index is 12.2. The molecule has 92 valence electrons. The van der Waals surface area contributed by atoms with Crippen molar-refractivity contribution in [2.75, 3.05) is 26.2 Å². The first-order valence-corrected chi connectivity index (χ1v) is 5.94. The summed E-state index contributed by atoms with van der Waals surface area (Å²) >= 11 is 0. The van der Waals surface area contributed by atoms with Crippen molar-refractivity contribution in [2.24, 2.45) is 5.84 Å². The largest absolute Gasteiger partial charge is 0.336 e. The average molecular weight is 233 g/mol. The second kappa shape index (κ2) is 4.85. The van der Waals surface area contributed by atoms with E-state index in [9.17, 15) is 4.79 Å². The Morgan fingerprint density at radius 3 is 2.35 bits per heavy atom. The van der Waals surface area contributed by atoms with Crippen LogP contribution in [0.2, 0.25) is 0 Å². The number of hydrogen-bond donors (Lipinski definition) is 1. The molecule has 1 fully saturated rings. The molecule has 1 amide bonds. The lowest BCUT2D eigenvalue weighted by Gasteiger charge is -2.32. The van der Waals surface area contributed by atoms with E-state index in [1.54, 1.807) is 5.01 Å². The van der Waals surface area contributed by atoms with Crippen LogP contribution in [-0.4, -0.2) is 42.0 Å². The Kier molecular flexibility index (Phi) is 3.45. The standard InChI is InChI=1S/C13H19N3O/c1-10-3-4-12(9-11(10)2)13(17)15-5-7-16(14)8-6-15/h3-4,9H,5-8,14H2,1-2H3. The molecule has 0 aliphatic carbocycles. The Labute approximate surface area is 102 Å². The fourth-order valence-electron chi connectivity index (χ4n) is 1.98.